The number of benzene rings is 2. The van der Waals surface area contributed by atoms with Gasteiger partial charge in [-0.3, -0.25) is 14.4 Å². The third-order valence-corrected chi connectivity index (χ3v) is 7.15. The summed E-state index contributed by atoms with van der Waals surface area (Å²) >= 11 is 0. The van der Waals surface area contributed by atoms with Gasteiger partial charge in [0, 0.05) is 11.1 Å². The molecule has 0 aliphatic carbocycles. The van der Waals surface area contributed by atoms with Gasteiger partial charge in [-0.15, -0.1) is 0 Å². The molecule has 41 heavy (non-hydrogen) atoms. The summed E-state index contributed by atoms with van der Waals surface area (Å²) in [6.07, 6.45) is -7.53. The van der Waals surface area contributed by atoms with Crippen LogP contribution in [-0.2, 0) is 16.0 Å². The first-order valence-corrected chi connectivity index (χ1v) is 12.4. The molecular weight excluding hydrogens is 560 g/mol. The molecule has 14 heteroatoms. The largest absolute Gasteiger partial charge is 0.508 e. The molecule has 3 atom stereocenters. The number of aromatic hydroxyl groups is 1. The van der Waals surface area contributed by atoms with E-state index in [0.717, 1.165) is 26.0 Å². The molecule has 3 rings (SSSR count). The third kappa shape index (κ3) is 6.92. The van der Waals surface area contributed by atoms with E-state index in [1.54, 1.807) is 0 Å². The van der Waals surface area contributed by atoms with Crippen molar-refractivity contribution in [3.63, 3.8) is 0 Å². The summed E-state index contributed by atoms with van der Waals surface area (Å²) in [7, 11) is 0. The molecule has 224 valence electrons. The van der Waals surface area contributed by atoms with Gasteiger partial charge < -0.3 is 25.7 Å². The molecule has 2 aromatic carbocycles. The second-order valence-electron chi connectivity index (χ2n) is 10.4. The molecule has 1 heterocycles. The van der Waals surface area contributed by atoms with E-state index in [4.69, 9.17) is 0 Å². The Balaban J connectivity index is 1.96. The fourth-order valence-corrected chi connectivity index (χ4v) is 4.67. The van der Waals surface area contributed by atoms with Crippen molar-refractivity contribution < 1.29 is 50.9 Å². The molecule has 0 radical (unpaired) electrons. The molecule has 2 aromatic rings. The van der Waals surface area contributed by atoms with Crippen LogP contribution in [0.15, 0.2) is 42.5 Å². The van der Waals surface area contributed by atoms with Crippen LogP contribution in [0.2, 0.25) is 0 Å². The molecule has 1 saturated heterocycles. The SMILES string of the molecule is Cc1c(O)cccc1C(=O)N[C@@H](Cc1cccc(F)c1)[C@H](O)C(=O)N1CC(F)(F)C(C)(C)[C@H]1C(=O)NCC(F)(F)F. The molecule has 0 bridgehead atoms. The summed E-state index contributed by atoms with van der Waals surface area (Å²) in [6.45, 7) is -0.00331. The maximum absolute atomic E-state index is 15.0. The van der Waals surface area contributed by atoms with Gasteiger partial charge in [0.25, 0.3) is 17.7 Å². The number of hydrogen-bond acceptors (Lipinski definition) is 5. The van der Waals surface area contributed by atoms with Crippen molar-refractivity contribution in [1.82, 2.24) is 15.5 Å². The van der Waals surface area contributed by atoms with E-state index in [1.165, 1.54) is 42.6 Å². The van der Waals surface area contributed by atoms with Gasteiger partial charge in [0.05, 0.1) is 18.0 Å². The minimum absolute atomic E-state index is 0.0489. The van der Waals surface area contributed by atoms with Crippen LogP contribution < -0.4 is 10.6 Å². The highest BCUT2D eigenvalue weighted by Gasteiger charge is 2.64. The molecular formula is C27H29F6N3O5. The topological polar surface area (TPSA) is 119 Å². The van der Waals surface area contributed by atoms with Crippen molar-refractivity contribution in [1.29, 1.82) is 0 Å². The van der Waals surface area contributed by atoms with Crippen molar-refractivity contribution >= 4 is 17.7 Å². The van der Waals surface area contributed by atoms with Gasteiger partial charge in [0.1, 0.15) is 24.2 Å². The molecule has 1 aliphatic rings. The lowest BCUT2D eigenvalue weighted by Crippen LogP contribution is -2.58. The Labute approximate surface area is 231 Å². The number of carbonyl (C=O) groups excluding carboxylic acids is 3. The van der Waals surface area contributed by atoms with Gasteiger partial charge in [0.15, 0.2) is 6.10 Å². The highest BCUT2D eigenvalue weighted by atomic mass is 19.4. The Morgan fingerprint density at radius 2 is 1.76 bits per heavy atom. The Hall–Kier alpha value is -3.81. The van der Waals surface area contributed by atoms with Crippen LogP contribution in [0.5, 0.6) is 5.75 Å². The van der Waals surface area contributed by atoms with Gasteiger partial charge in [-0.2, -0.15) is 13.2 Å². The summed E-state index contributed by atoms with van der Waals surface area (Å²) in [5.41, 5.74) is -2.04. The number of alkyl halides is 5. The summed E-state index contributed by atoms with van der Waals surface area (Å²) in [4.78, 5) is 39.5. The van der Waals surface area contributed by atoms with E-state index < -0.39 is 72.3 Å². The van der Waals surface area contributed by atoms with Crippen LogP contribution in [0.4, 0.5) is 26.3 Å². The first kappa shape index (κ1) is 31.7. The summed E-state index contributed by atoms with van der Waals surface area (Å²) in [6, 6.07) is 5.23. The monoisotopic (exact) mass is 589 g/mol. The zero-order chi connectivity index (χ0) is 30.9. The van der Waals surface area contributed by atoms with Crippen LogP contribution in [0.25, 0.3) is 0 Å². The summed E-state index contributed by atoms with van der Waals surface area (Å²) in [5, 5.41) is 24.9. The van der Waals surface area contributed by atoms with E-state index >= 15 is 0 Å². The van der Waals surface area contributed by atoms with Gasteiger partial charge >= 0.3 is 6.18 Å². The Morgan fingerprint density at radius 1 is 1.12 bits per heavy atom. The van der Waals surface area contributed by atoms with Gasteiger partial charge in [-0.25, -0.2) is 13.2 Å². The first-order chi connectivity index (χ1) is 18.9. The molecule has 0 saturated carbocycles. The number of likely N-dealkylation sites (tertiary alicyclic amines) is 1. The van der Waals surface area contributed by atoms with Crippen LogP contribution >= 0.6 is 0 Å². The number of carbonyl (C=O) groups is 3. The second kappa shape index (κ2) is 11.6. The third-order valence-electron chi connectivity index (χ3n) is 7.15. The van der Waals surface area contributed by atoms with Crippen LogP contribution in [0.1, 0.15) is 35.3 Å². The quantitative estimate of drug-likeness (QED) is 0.353. The molecule has 0 aromatic heterocycles. The minimum Gasteiger partial charge on any atom is -0.508 e. The van der Waals surface area contributed by atoms with E-state index in [9.17, 15) is 50.9 Å². The van der Waals surface area contributed by atoms with Gasteiger partial charge in [-0.05, 0) is 43.2 Å². The molecule has 0 spiro atoms. The molecule has 8 nitrogen and oxygen atoms in total. The Kier molecular flexibility index (Phi) is 8.96. The molecule has 1 fully saturated rings. The average molecular weight is 590 g/mol. The molecule has 1 aliphatic heterocycles. The second-order valence-corrected chi connectivity index (χ2v) is 10.4. The lowest BCUT2D eigenvalue weighted by molar-refractivity contribution is -0.151. The number of phenolic OH excluding ortho intramolecular Hbond substituents is 1. The maximum Gasteiger partial charge on any atom is 0.405 e. The standard InChI is InChI=1S/C27H29F6N3O5/c1-14-17(8-5-9-19(14)37)22(39)35-18(11-15-6-4-7-16(28)10-15)20(38)24(41)36-13-26(29,30)25(2,3)21(36)23(40)34-12-27(31,32)33/h4-10,18,20-21,37-38H,11-13H2,1-3H3,(H,34,40)(H,35,39)/t18-,20-,21+/m0/s1. The zero-order valence-corrected chi connectivity index (χ0v) is 22.2. The average Bonchev–Trinajstić information content (AvgIpc) is 3.06. The minimum atomic E-state index is -4.86. The smallest absolute Gasteiger partial charge is 0.405 e. The Morgan fingerprint density at radius 3 is 2.37 bits per heavy atom. The number of halogens is 6. The number of phenols is 1. The molecule has 3 amide bonds. The fourth-order valence-electron chi connectivity index (χ4n) is 4.67. The van der Waals surface area contributed by atoms with Crippen LogP contribution in [0.3, 0.4) is 0 Å². The summed E-state index contributed by atoms with van der Waals surface area (Å²) in [5.74, 6) is -8.51. The van der Waals surface area contributed by atoms with Gasteiger partial charge in [-0.1, -0.05) is 32.0 Å². The highest BCUT2D eigenvalue weighted by molar-refractivity contribution is 5.97. The predicted molar refractivity (Wildman–Crippen MR) is 134 cm³/mol. The number of rotatable bonds is 8. The predicted octanol–water partition coefficient (Wildman–Crippen LogP) is 3.09. The van der Waals surface area contributed by atoms with E-state index in [0.29, 0.717) is 4.90 Å². The lowest BCUT2D eigenvalue weighted by atomic mass is 9.81. The number of hydrogen-bond donors (Lipinski definition) is 4. The maximum atomic E-state index is 15.0. The van der Waals surface area contributed by atoms with Crippen LogP contribution in [0, 0.1) is 18.2 Å². The zero-order valence-electron chi connectivity index (χ0n) is 22.2. The fraction of sp³-hybridized carbons (Fsp3) is 0.444. The van der Waals surface area contributed by atoms with Crippen molar-refractivity contribution in [3.8, 4) is 5.75 Å². The molecule has 0 unspecified atom stereocenters. The Bertz CT molecular complexity index is 1320. The van der Waals surface area contributed by atoms with Crippen LogP contribution in [-0.4, -0.2) is 76.2 Å². The normalized spacial score (nSPS) is 19.4. The number of amides is 3. The number of aliphatic hydroxyl groups is 1. The van der Waals surface area contributed by atoms with Crippen molar-refractivity contribution in [2.45, 2.75) is 57.5 Å². The van der Waals surface area contributed by atoms with Crippen molar-refractivity contribution in [2.75, 3.05) is 13.1 Å². The summed E-state index contributed by atoms with van der Waals surface area (Å²) < 4.78 is 82.0. The van der Waals surface area contributed by atoms with Gasteiger partial charge in [0.2, 0.25) is 5.91 Å². The number of nitrogens with zero attached hydrogens (tertiary/aromatic N) is 1. The molecule has 4 N–H and O–H groups in total. The first-order valence-electron chi connectivity index (χ1n) is 12.4. The lowest BCUT2D eigenvalue weighted by Gasteiger charge is -2.34. The highest BCUT2D eigenvalue weighted by Crippen LogP contribution is 2.48. The van der Waals surface area contributed by atoms with Crippen molar-refractivity contribution in [2.24, 2.45) is 5.41 Å². The van der Waals surface area contributed by atoms with E-state index in [-0.39, 0.29) is 28.9 Å². The number of aliphatic hydroxyl groups excluding tert-OH is 1. The van der Waals surface area contributed by atoms with E-state index in [2.05, 4.69) is 5.32 Å². The van der Waals surface area contributed by atoms with Crippen molar-refractivity contribution in [3.05, 3.63) is 65.0 Å². The number of nitrogens with one attached hydrogen (secondary N) is 2. The van der Waals surface area contributed by atoms with E-state index in [1.807, 2.05) is 0 Å².